The fraction of sp³-hybridized carbons (Fsp3) is 0.650. The van der Waals surface area contributed by atoms with Crippen molar-refractivity contribution in [3.05, 3.63) is 27.8 Å². The van der Waals surface area contributed by atoms with Gasteiger partial charge in [-0.25, -0.2) is 4.79 Å². The van der Waals surface area contributed by atoms with Crippen LogP contribution < -0.4 is 10.2 Å². The summed E-state index contributed by atoms with van der Waals surface area (Å²) in [5, 5.41) is 2.85. The minimum Gasteiger partial charge on any atom is -0.341 e. The lowest BCUT2D eigenvalue weighted by molar-refractivity contribution is 0.141. The number of hydrogen-bond acceptors (Lipinski definition) is 1. The van der Waals surface area contributed by atoms with Gasteiger partial charge in [-0.3, -0.25) is 4.90 Å². The van der Waals surface area contributed by atoms with Crippen LogP contribution in [0.5, 0.6) is 0 Å². The molecule has 1 unspecified atom stereocenters. The van der Waals surface area contributed by atoms with Crippen LogP contribution in [0.3, 0.4) is 0 Å². The van der Waals surface area contributed by atoms with Crippen LogP contribution in [0.2, 0.25) is 0 Å². The summed E-state index contributed by atoms with van der Waals surface area (Å²) in [6.45, 7) is 19.9. The zero-order chi connectivity index (χ0) is 17.9. The normalized spacial score (nSPS) is 21.8. The highest BCUT2D eigenvalue weighted by Crippen LogP contribution is 2.57. The van der Waals surface area contributed by atoms with Gasteiger partial charge in [0.15, 0.2) is 0 Å². The Morgan fingerprint density at radius 1 is 0.957 bits per heavy atom. The lowest BCUT2D eigenvalue weighted by Crippen LogP contribution is -2.63. The summed E-state index contributed by atoms with van der Waals surface area (Å²) in [6, 6.07) is -0.0259. The molecule has 0 aliphatic carbocycles. The van der Waals surface area contributed by atoms with Crippen LogP contribution in [0.4, 0.5) is 10.5 Å². The number of benzene rings is 1. The summed E-state index contributed by atoms with van der Waals surface area (Å²) in [6.07, 6.45) is 0. The molecule has 2 amide bonds. The molecule has 1 heterocycles. The van der Waals surface area contributed by atoms with Gasteiger partial charge in [0, 0.05) is 12.6 Å². The number of hydrogen-bond donors (Lipinski definition) is 1. The van der Waals surface area contributed by atoms with Crippen molar-refractivity contribution in [2.75, 3.05) is 11.9 Å². The zero-order valence-corrected chi connectivity index (χ0v) is 16.4. The molecular weight excluding hydrogens is 284 g/mol. The minimum atomic E-state index is -0.279. The second kappa shape index (κ2) is 5.25. The minimum absolute atomic E-state index is 0.0259. The van der Waals surface area contributed by atoms with Gasteiger partial charge in [-0.05, 0) is 80.7 Å². The number of fused-ring (bicyclic) bond motifs is 1. The maximum absolute atomic E-state index is 12.8. The highest BCUT2D eigenvalue weighted by atomic mass is 16.2. The fourth-order valence-corrected chi connectivity index (χ4v) is 4.07. The summed E-state index contributed by atoms with van der Waals surface area (Å²) in [7, 11) is 1.71. The van der Waals surface area contributed by atoms with Gasteiger partial charge in [0.1, 0.15) is 0 Å². The summed E-state index contributed by atoms with van der Waals surface area (Å²) >= 11 is 0. The van der Waals surface area contributed by atoms with Gasteiger partial charge < -0.3 is 5.32 Å². The van der Waals surface area contributed by atoms with Crippen molar-refractivity contribution < 1.29 is 4.79 Å². The monoisotopic (exact) mass is 316 g/mol. The largest absolute Gasteiger partial charge is 0.341 e. The molecule has 0 spiro atoms. The van der Waals surface area contributed by atoms with Crippen LogP contribution in [0.15, 0.2) is 0 Å². The van der Waals surface area contributed by atoms with Gasteiger partial charge in [-0.2, -0.15) is 0 Å². The van der Waals surface area contributed by atoms with Gasteiger partial charge >= 0.3 is 6.03 Å². The van der Waals surface area contributed by atoms with Crippen molar-refractivity contribution in [3.63, 3.8) is 0 Å². The fourth-order valence-electron chi connectivity index (χ4n) is 4.07. The van der Waals surface area contributed by atoms with Crippen LogP contribution in [-0.2, 0) is 0 Å². The molecular formula is C20H32N2O. The number of carbonyl (C=O) groups is 1. The topological polar surface area (TPSA) is 32.3 Å². The average Bonchev–Trinajstić information content (AvgIpc) is 2.48. The third-order valence-electron chi connectivity index (χ3n) is 6.99. The van der Waals surface area contributed by atoms with E-state index in [1.165, 1.54) is 27.8 Å². The predicted octanol–water partition coefficient (Wildman–Crippen LogP) is 4.99. The van der Waals surface area contributed by atoms with Crippen LogP contribution in [-0.4, -0.2) is 18.6 Å². The molecule has 2 rings (SSSR count). The van der Waals surface area contributed by atoms with Crippen molar-refractivity contribution in [1.29, 1.82) is 0 Å². The molecule has 0 fully saturated rings. The average molecular weight is 316 g/mol. The number of rotatable bonds is 0. The van der Waals surface area contributed by atoms with E-state index in [9.17, 15) is 4.79 Å². The highest BCUT2D eigenvalue weighted by molar-refractivity contribution is 5.97. The maximum Gasteiger partial charge on any atom is 0.322 e. The lowest BCUT2D eigenvalue weighted by Gasteiger charge is -2.57. The number of urea groups is 1. The molecule has 3 heteroatoms. The van der Waals surface area contributed by atoms with Gasteiger partial charge in [0.2, 0.25) is 0 Å². The first kappa shape index (κ1) is 17.8. The van der Waals surface area contributed by atoms with E-state index in [1.54, 1.807) is 7.05 Å². The summed E-state index contributed by atoms with van der Waals surface area (Å²) < 4.78 is 0. The second-order valence-electron chi connectivity index (χ2n) is 8.16. The van der Waals surface area contributed by atoms with E-state index in [4.69, 9.17) is 0 Å². The first-order valence-corrected chi connectivity index (χ1v) is 8.53. The number of amides is 2. The van der Waals surface area contributed by atoms with E-state index in [-0.39, 0.29) is 17.0 Å². The molecule has 1 aromatic carbocycles. The van der Waals surface area contributed by atoms with E-state index in [0.717, 1.165) is 5.69 Å². The maximum atomic E-state index is 12.8. The Kier molecular flexibility index (Phi) is 4.07. The lowest BCUT2D eigenvalue weighted by atomic mass is 9.59. The SMILES string of the molecule is CNC(=O)N1c2c(C)c(C)c(C)c(C)c2C(C)C(C)(C)C1(C)C. The Morgan fingerprint density at radius 3 is 1.91 bits per heavy atom. The van der Waals surface area contributed by atoms with Crippen LogP contribution in [0.25, 0.3) is 0 Å². The van der Waals surface area contributed by atoms with Crippen molar-refractivity contribution in [2.45, 2.75) is 73.8 Å². The Hall–Kier alpha value is -1.51. The molecule has 0 saturated heterocycles. The number of nitrogens with one attached hydrogen (secondary N) is 1. The zero-order valence-electron chi connectivity index (χ0n) is 16.4. The molecule has 0 radical (unpaired) electrons. The van der Waals surface area contributed by atoms with Crippen molar-refractivity contribution in [3.8, 4) is 0 Å². The Morgan fingerprint density at radius 2 is 1.43 bits per heavy atom. The van der Waals surface area contributed by atoms with Gasteiger partial charge in [-0.15, -0.1) is 0 Å². The number of carbonyl (C=O) groups excluding carboxylic acids is 1. The molecule has 1 aliphatic heterocycles. The van der Waals surface area contributed by atoms with E-state index in [2.05, 4.69) is 67.6 Å². The molecule has 3 nitrogen and oxygen atoms in total. The van der Waals surface area contributed by atoms with E-state index in [0.29, 0.717) is 5.92 Å². The smallest absolute Gasteiger partial charge is 0.322 e. The second-order valence-corrected chi connectivity index (χ2v) is 8.16. The summed E-state index contributed by atoms with van der Waals surface area (Å²) in [4.78, 5) is 14.8. The third-order valence-corrected chi connectivity index (χ3v) is 6.99. The third kappa shape index (κ3) is 2.12. The van der Waals surface area contributed by atoms with Crippen molar-refractivity contribution >= 4 is 11.7 Å². The van der Waals surface area contributed by atoms with Crippen molar-refractivity contribution in [1.82, 2.24) is 5.32 Å². The Bertz CT molecular complexity index is 671. The van der Waals surface area contributed by atoms with Crippen LogP contribution in [0, 0.1) is 33.1 Å². The molecule has 1 N–H and O–H groups in total. The molecule has 0 aromatic heterocycles. The first-order valence-electron chi connectivity index (χ1n) is 8.53. The molecule has 23 heavy (non-hydrogen) atoms. The van der Waals surface area contributed by atoms with Crippen molar-refractivity contribution in [2.24, 2.45) is 5.41 Å². The predicted molar refractivity (Wildman–Crippen MR) is 98.6 cm³/mol. The van der Waals surface area contributed by atoms with E-state index < -0.39 is 0 Å². The standard InChI is InChI=1S/C20H32N2O/c1-11-12(2)14(4)17-16(13(11)3)15(5)19(6,7)20(8,9)22(17)18(23)21-10/h15H,1-10H3,(H,21,23). The van der Waals surface area contributed by atoms with Gasteiger partial charge in [0.25, 0.3) is 0 Å². The van der Waals surface area contributed by atoms with Crippen LogP contribution in [0.1, 0.15) is 68.4 Å². The van der Waals surface area contributed by atoms with Gasteiger partial charge in [0.05, 0.1) is 5.69 Å². The number of anilines is 1. The quantitative estimate of drug-likeness (QED) is 0.718. The molecule has 1 aliphatic rings. The molecule has 128 valence electrons. The summed E-state index contributed by atoms with van der Waals surface area (Å²) in [5.74, 6) is 0.381. The molecule has 1 atom stereocenters. The Labute approximate surface area is 141 Å². The Balaban J connectivity index is 2.98. The van der Waals surface area contributed by atoms with Gasteiger partial charge in [-0.1, -0.05) is 20.8 Å². The molecule has 0 bridgehead atoms. The highest BCUT2D eigenvalue weighted by Gasteiger charge is 2.53. The molecule has 0 saturated carbocycles. The van der Waals surface area contributed by atoms with E-state index in [1.807, 2.05) is 4.90 Å². The number of nitrogens with zero attached hydrogens (tertiary/aromatic N) is 1. The first-order chi connectivity index (χ1) is 10.4. The van der Waals surface area contributed by atoms with Crippen LogP contribution >= 0.6 is 0 Å². The molecule has 1 aromatic rings. The van der Waals surface area contributed by atoms with E-state index >= 15 is 0 Å². The summed E-state index contributed by atoms with van der Waals surface area (Å²) in [5.41, 5.74) is 7.32.